The second-order valence-electron chi connectivity index (χ2n) is 7.33. The SMILES string of the molecule is O=C(Cc1c(F)cccc1C(F)(F)F)NN=Cc1ccccc1OS(=O)(=O)c1ccc(C(F)(F)F)cc1. The van der Waals surface area contributed by atoms with Crippen molar-refractivity contribution in [2.75, 3.05) is 0 Å². The quantitative estimate of drug-likeness (QED) is 0.187. The number of rotatable bonds is 7. The second kappa shape index (κ2) is 10.6. The van der Waals surface area contributed by atoms with Crippen molar-refractivity contribution in [3.8, 4) is 5.75 Å². The molecule has 0 spiro atoms. The number of hydrazone groups is 1. The molecule has 0 unspecified atom stereocenters. The van der Waals surface area contributed by atoms with Crippen LogP contribution in [0.3, 0.4) is 0 Å². The standard InChI is InChI=1S/C23H15F7N2O4S/c24-19-6-3-5-18(23(28,29)30)17(19)12-21(33)32-31-13-14-4-1-2-7-20(14)36-37(34,35)16-10-8-15(9-11-16)22(25,26)27/h1-11,13H,12H2,(H,32,33). The average molecular weight is 548 g/mol. The Hall–Kier alpha value is -3.94. The minimum Gasteiger partial charge on any atom is -0.378 e. The van der Waals surface area contributed by atoms with Crippen LogP contribution in [0.4, 0.5) is 30.7 Å². The Balaban J connectivity index is 1.74. The zero-order chi connectivity index (χ0) is 27.4. The normalized spacial score (nSPS) is 12.5. The molecule has 0 aromatic heterocycles. The number of carbonyl (C=O) groups is 1. The van der Waals surface area contributed by atoms with E-state index in [9.17, 15) is 43.9 Å². The lowest BCUT2D eigenvalue weighted by atomic mass is 10.0. The molecular weight excluding hydrogens is 533 g/mol. The average Bonchev–Trinajstić information content (AvgIpc) is 2.80. The van der Waals surface area contributed by atoms with Gasteiger partial charge in [-0.1, -0.05) is 18.2 Å². The topological polar surface area (TPSA) is 84.8 Å². The number of nitrogens with one attached hydrogen (secondary N) is 1. The third-order valence-corrected chi connectivity index (χ3v) is 5.99. The molecule has 0 bridgehead atoms. The van der Waals surface area contributed by atoms with E-state index in [-0.39, 0.29) is 11.3 Å². The number of para-hydroxylation sites is 1. The zero-order valence-corrected chi connectivity index (χ0v) is 19.1. The van der Waals surface area contributed by atoms with Gasteiger partial charge in [-0.05, 0) is 48.5 Å². The first-order chi connectivity index (χ1) is 17.2. The summed E-state index contributed by atoms with van der Waals surface area (Å²) in [5.41, 5.74) is -1.36. The molecule has 0 aliphatic heterocycles. The maximum absolute atomic E-state index is 13.9. The summed E-state index contributed by atoms with van der Waals surface area (Å²) in [5, 5.41) is 3.53. The molecule has 0 radical (unpaired) electrons. The summed E-state index contributed by atoms with van der Waals surface area (Å²) < 4.78 is 121. The van der Waals surface area contributed by atoms with E-state index in [1.165, 1.54) is 24.3 Å². The predicted octanol–water partition coefficient (Wildman–Crippen LogP) is 5.32. The Morgan fingerprint density at radius 2 is 1.54 bits per heavy atom. The van der Waals surface area contributed by atoms with Crippen molar-refractivity contribution < 1.29 is 48.1 Å². The fourth-order valence-electron chi connectivity index (χ4n) is 3.02. The van der Waals surface area contributed by atoms with Gasteiger partial charge in [-0.2, -0.15) is 39.9 Å². The van der Waals surface area contributed by atoms with E-state index in [0.29, 0.717) is 30.3 Å². The molecule has 0 saturated carbocycles. The third-order valence-electron chi connectivity index (χ3n) is 4.74. The molecular formula is C23H15F7N2O4S. The number of amides is 1. The first-order valence-corrected chi connectivity index (χ1v) is 11.5. The Kier molecular flexibility index (Phi) is 7.91. The number of carbonyl (C=O) groups excluding carboxylic acids is 1. The molecule has 3 rings (SSSR count). The molecule has 14 heteroatoms. The first kappa shape index (κ1) is 27.6. The highest BCUT2D eigenvalue weighted by Crippen LogP contribution is 2.33. The third kappa shape index (κ3) is 7.06. The van der Waals surface area contributed by atoms with Crippen molar-refractivity contribution in [1.82, 2.24) is 5.43 Å². The van der Waals surface area contributed by atoms with E-state index in [4.69, 9.17) is 4.18 Å². The first-order valence-electron chi connectivity index (χ1n) is 10.1. The van der Waals surface area contributed by atoms with E-state index < -0.39 is 62.2 Å². The molecule has 37 heavy (non-hydrogen) atoms. The summed E-state index contributed by atoms with van der Waals surface area (Å²) in [7, 11) is -4.57. The van der Waals surface area contributed by atoms with Gasteiger partial charge >= 0.3 is 22.5 Å². The van der Waals surface area contributed by atoms with Gasteiger partial charge in [-0.25, -0.2) is 9.82 Å². The van der Waals surface area contributed by atoms with Gasteiger partial charge in [0.25, 0.3) is 0 Å². The largest absolute Gasteiger partial charge is 0.416 e. The molecule has 1 amide bonds. The lowest BCUT2D eigenvalue weighted by Gasteiger charge is -2.13. The fourth-order valence-corrected chi connectivity index (χ4v) is 3.97. The Morgan fingerprint density at radius 1 is 0.892 bits per heavy atom. The van der Waals surface area contributed by atoms with Crippen LogP contribution in [-0.4, -0.2) is 20.5 Å². The van der Waals surface area contributed by atoms with Crippen LogP contribution in [0.25, 0.3) is 0 Å². The maximum atomic E-state index is 13.9. The van der Waals surface area contributed by atoms with E-state index in [1.54, 1.807) is 0 Å². The summed E-state index contributed by atoms with van der Waals surface area (Å²) in [6.07, 6.45) is -9.63. The summed E-state index contributed by atoms with van der Waals surface area (Å²) in [6.45, 7) is 0. The molecule has 0 aliphatic rings. The van der Waals surface area contributed by atoms with Crippen molar-refractivity contribution in [1.29, 1.82) is 0 Å². The van der Waals surface area contributed by atoms with Crippen LogP contribution in [0.2, 0.25) is 0 Å². The number of nitrogens with zero attached hydrogens (tertiary/aromatic N) is 1. The van der Waals surface area contributed by atoms with Gasteiger partial charge in [0, 0.05) is 11.1 Å². The van der Waals surface area contributed by atoms with Crippen molar-refractivity contribution in [2.45, 2.75) is 23.7 Å². The minimum atomic E-state index is -4.89. The molecule has 3 aromatic rings. The highest BCUT2D eigenvalue weighted by atomic mass is 32.2. The zero-order valence-electron chi connectivity index (χ0n) is 18.3. The molecule has 3 aromatic carbocycles. The number of halogens is 7. The van der Waals surface area contributed by atoms with Gasteiger partial charge in [-0.3, -0.25) is 4.79 Å². The summed E-state index contributed by atoms with van der Waals surface area (Å²) in [6, 6.07) is 10.1. The number of alkyl halides is 6. The van der Waals surface area contributed by atoms with Crippen LogP contribution in [0.15, 0.2) is 76.7 Å². The van der Waals surface area contributed by atoms with Crippen molar-refractivity contribution in [2.24, 2.45) is 5.10 Å². The smallest absolute Gasteiger partial charge is 0.378 e. The molecule has 0 aliphatic carbocycles. The van der Waals surface area contributed by atoms with E-state index in [0.717, 1.165) is 18.3 Å². The molecule has 196 valence electrons. The highest BCUT2D eigenvalue weighted by molar-refractivity contribution is 7.87. The molecule has 0 saturated heterocycles. The maximum Gasteiger partial charge on any atom is 0.416 e. The summed E-state index contributed by atoms with van der Waals surface area (Å²) in [4.78, 5) is 11.5. The van der Waals surface area contributed by atoms with Gasteiger partial charge in [0.1, 0.15) is 10.7 Å². The van der Waals surface area contributed by atoms with E-state index in [2.05, 4.69) is 5.10 Å². The van der Waals surface area contributed by atoms with Crippen molar-refractivity contribution in [3.63, 3.8) is 0 Å². The summed E-state index contributed by atoms with van der Waals surface area (Å²) >= 11 is 0. The van der Waals surface area contributed by atoms with Crippen molar-refractivity contribution in [3.05, 3.63) is 94.8 Å². The molecule has 1 N–H and O–H groups in total. The van der Waals surface area contributed by atoms with Crippen LogP contribution < -0.4 is 9.61 Å². The van der Waals surface area contributed by atoms with E-state index >= 15 is 0 Å². The lowest BCUT2D eigenvalue weighted by Crippen LogP contribution is -2.23. The van der Waals surface area contributed by atoms with Crippen LogP contribution in [0.1, 0.15) is 22.3 Å². The molecule has 6 nitrogen and oxygen atoms in total. The molecule has 0 fully saturated rings. The fraction of sp³-hybridized carbons (Fsp3) is 0.130. The van der Waals surface area contributed by atoms with Gasteiger partial charge in [0.05, 0.1) is 23.8 Å². The van der Waals surface area contributed by atoms with Gasteiger partial charge < -0.3 is 4.18 Å². The Bertz CT molecular complexity index is 1420. The Labute approximate surface area is 205 Å². The van der Waals surface area contributed by atoms with Gasteiger partial charge in [0.15, 0.2) is 5.75 Å². The minimum absolute atomic E-state index is 0.0137. The predicted molar refractivity (Wildman–Crippen MR) is 117 cm³/mol. The lowest BCUT2D eigenvalue weighted by molar-refractivity contribution is -0.139. The monoisotopic (exact) mass is 548 g/mol. The molecule has 0 atom stereocenters. The van der Waals surface area contributed by atoms with Crippen molar-refractivity contribution >= 4 is 22.2 Å². The Morgan fingerprint density at radius 3 is 2.16 bits per heavy atom. The highest BCUT2D eigenvalue weighted by Gasteiger charge is 2.35. The number of hydrogen-bond donors (Lipinski definition) is 1. The van der Waals surface area contributed by atoms with Gasteiger partial charge in [-0.15, -0.1) is 0 Å². The van der Waals surface area contributed by atoms with E-state index in [1.807, 2.05) is 5.43 Å². The number of hydrogen-bond acceptors (Lipinski definition) is 5. The number of benzene rings is 3. The second-order valence-corrected chi connectivity index (χ2v) is 8.88. The van der Waals surface area contributed by atoms with Crippen LogP contribution >= 0.6 is 0 Å². The van der Waals surface area contributed by atoms with Crippen LogP contribution in [0.5, 0.6) is 5.75 Å². The van der Waals surface area contributed by atoms with Crippen LogP contribution in [-0.2, 0) is 33.7 Å². The molecule has 0 heterocycles. The summed E-state index contributed by atoms with van der Waals surface area (Å²) in [5.74, 6) is -2.64. The van der Waals surface area contributed by atoms with Crippen LogP contribution in [0, 0.1) is 5.82 Å². The van der Waals surface area contributed by atoms with Gasteiger partial charge in [0.2, 0.25) is 5.91 Å².